The standard InChI is InChI=1S/C20H31N3O2/c1-16(24)15-19(21)20(17-5-3-2-4-6-17)23-11-9-22(10-12-23)18-7-13-25-14-8-18/h2-6,18-20H,7-15,21H2,1H3/t19-,20?/m0/s1. The van der Waals surface area contributed by atoms with E-state index in [0.29, 0.717) is 12.5 Å². The highest BCUT2D eigenvalue weighted by Crippen LogP contribution is 2.27. The van der Waals surface area contributed by atoms with Gasteiger partial charge in [0.2, 0.25) is 0 Å². The average molecular weight is 345 g/mol. The smallest absolute Gasteiger partial charge is 0.131 e. The third-order valence-corrected chi connectivity index (χ3v) is 5.52. The molecule has 0 aromatic heterocycles. The first-order chi connectivity index (χ1) is 12.1. The summed E-state index contributed by atoms with van der Waals surface area (Å²) in [6.45, 7) is 7.56. The van der Waals surface area contributed by atoms with Crippen molar-refractivity contribution in [2.24, 2.45) is 5.73 Å². The zero-order valence-electron chi connectivity index (χ0n) is 15.3. The van der Waals surface area contributed by atoms with Crippen LogP contribution in [0.2, 0.25) is 0 Å². The van der Waals surface area contributed by atoms with Crippen LogP contribution in [0.5, 0.6) is 0 Å². The van der Waals surface area contributed by atoms with Crippen LogP contribution in [0, 0.1) is 0 Å². The van der Waals surface area contributed by atoms with Gasteiger partial charge in [-0.2, -0.15) is 0 Å². The van der Waals surface area contributed by atoms with Crippen molar-refractivity contribution in [2.45, 2.75) is 44.3 Å². The van der Waals surface area contributed by atoms with Crippen LogP contribution >= 0.6 is 0 Å². The Bertz CT molecular complexity index is 537. The zero-order chi connectivity index (χ0) is 17.6. The largest absolute Gasteiger partial charge is 0.381 e. The number of nitrogens with two attached hydrogens (primary N) is 1. The van der Waals surface area contributed by atoms with Crippen LogP contribution in [0.3, 0.4) is 0 Å². The number of carbonyl (C=O) groups is 1. The van der Waals surface area contributed by atoms with Crippen molar-refractivity contribution < 1.29 is 9.53 Å². The normalized spacial score (nSPS) is 23.3. The summed E-state index contributed by atoms with van der Waals surface area (Å²) < 4.78 is 5.49. The van der Waals surface area contributed by atoms with E-state index in [1.54, 1.807) is 6.92 Å². The molecule has 0 radical (unpaired) electrons. The van der Waals surface area contributed by atoms with Crippen molar-refractivity contribution in [3.63, 3.8) is 0 Å². The minimum atomic E-state index is -0.158. The number of ether oxygens (including phenoxy) is 1. The summed E-state index contributed by atoms with van der Waals surface area (Å²) in [5.74, 6) is 0.161. The lowest BCUT2D eigenvalue weighted by molar-refractivity contribution is -0.117. The minimum absolute atomic E-state index is 0.113. The molecule has 138 valence electrons. The van der Waals surface area contributed by atoms with Crippen molar-refractivity contribution in [1.82, 2.24) is 9.80 Å². The average Bonchev–Trinajstić information content (AvgIpc) is 2.63. The number of ketones is 1. The van der Waals surface area contributed by atoms with Gasteiger partial charge >= 0.3 is 0 Å². The van der Waals surface area contributed by atoms with Gasteiger partial charge in [0.1, 0.15) is 5.78 Å². The third kappa shape index (κ3) is 4.88. The topological polar surface area (TPSA) is 58.8 Å². The minimum Gasteiger partial charge on any atom is -0.381 e. The third-order valence-electron chi connectivity index (χ3n) is 5.52. The second-order valence-corrected chi connectivity index (χ2v) is 7.34. The lowest BCUT2D eigenvalue weighted by Crippen LogP contribution is -2.54. The molecule has 0 saturated carbocycles. The van der Waals surface area contributed by atoms with Gasteiger partial charge in [-0.1, -0.05) is 30.3 Å². The predicted molar refractivity (Wildman–Crippen MR) is 99.4 cm³/mol. The van der Waals surface area contributed by atoms with E-state index in [1.807, 2.05) is 6.07 Å². The molecule has 25 heavy (non-hydrogen) atoms. The van der Waals surface area contributed by atoms with Crippen LogP contribution in [0.15, 0.2) is 30.3 Å². The van der Waals surface area contributed by atoms with Gasteiger partial charge in [-0.05, 0) is 25.3 Å². The van der Waals surface area contributed by atoms with Gasteiger partial charge in [0.25, 0.3) is 0 Å². The van der Waals surface area contributed by atoms with Crippen LogP contribution in [0.4, 0.5) is 0 Å². The Labute approximate surface area is 151 Å². The maximum absolute atomic E-state index is 11.6. The van der Waals surface area contributed by atoms with Gasteiger partial charge in [0, 0.05) is 57.9 Å². The molecule has 0 aliphatic carbocycles. The summed E-state index contributed by atoms with van der Waals surface area (Å²) in [6.07, 6.45) is 2.72. The molecular formula is C20H31N3O2. The number of carbonyl (C=O) groups excluding carboxylic acids is 1. The molecule has 2 aliphatic heterocycles. The van der Waals surface area contributed by atoms with E-state index in [0.717, 1.165) is 52.2 Å². The van der Waals surface area contributed by atoms with Gasteiger partial charge in [-0.15, -0.1) is 0 Å². The van der Waals surface area contributed by atoms with E-state index in [1.165, 1.54) is 5.56 Å². The fourth-order valence-electron chi connectivity index (χ4n) is 4.25. The molecule has 2 aliphatic rings. The molecule has 5 nitrogen and oxygen atoms in total. The Balaban J connectivity index is 1.66. The maximum atomic E-state index is 11.6. The molecular weight excluding hydrogens is 314 g/mol. The molecule has 1 aromatic carbocycles. The summed E-state index contributed by atoms with van der Waals surface area (Å²) in [7, 11) is 0. The fourth-order valence-corrected chi connectivity index (χ4v) is 4.25. The van der Waals surface area contributed by atoms with Crippen LogP contribution in [0.25, 0.3) is 0 Å². The summed E-state index contributed by atoms with van der Waals surface area (Å²) >= 11 is 0. The van der Waals surface area contributed by atoms with Crippen LogP contribution < -0.4 is 5.73 Å². The van der Waals surface area contributed by atoms with E-state index in [4.69, 9.17) is 10.5 Å². The van der Waals surface area contributed by atoms with Gasteiger partial charge in [0.05, 0.1) is 6.04 Å². The van der Waals surface area contributed by atoms with Crippen LogP contribution in [-0.4, -0.2) is 67.1 Å². The molecule has 0 bridgehead atoms. The molecule has 2 fully saturated rings. The molecule has 3 rings (SSSR count). The summed E-state index contributed by atoms with van der Waals surface area (Å²) in [5.41, 5.74) is 7.68. The van der Waals surface area contributed by atoms with Crippen LogP contribution in [0.1, 0.15) is 37.8 Å². The SMILES string of the molecule is CC(=O)C[C@H](N)C(c1ccccc1)N1CCN(C2CCOCC2)CC1. The molecule has 2 atom stereocenters. The van der Waals surface area contributed by atoms with Gasteiger partial charge in [-0.3, -0.25) is 14.6 Å². The number of hydrogen-bond donors (Lipinski definition) is 1. The fraction of sp³-hybridized carbons (Fsp3) is 0.650. The van der Waals surface area contributed by atoms with Crippen molar-refractivity contribution in [2.75, 3.05) is 39.4 Å². The zero-order valence-corrected chi connectivity index (χ0v) is 15.3. The Kier molecular flexibility index (Phi) is 6.59. The molecule has 1 unspecified atom stereocenters. The van der Waals surface area contributed by atoms with E-state index in [-0.39, 0.29) is 17.9 Å². The molecule has 2 saturated heterocycles. The van der Waals surface area contributed by atoms with Crippen LogP contribution in [-0.2, 0) is 9.53 Å². The summed E-state index contributed by atoms with van der Waals surface area (Å²) in [5, 5.41) is 0. The van der Waals surface area contributed by atoms with Gasteiger partial charge < -0.3 is 10.5 Å². The van der Waals surface area contributed by atoms with Crippen molar-refractivity contribution in [3.8, 4) is 0 Å². The van der Waals surface area contributed by atoms with Crippen molar-refractivity contribution in [1.29, 1.82) is 0 Å². The Morgan fingerprint density at radius 3 is 2.40 bits per heavy atom. The second-order valence-electron chi connectivity index (χ2n) is 7.34. The Morgan fingerprint density at radius 1 is 1.16 bits per heavy atom. The number of Topliss-reactive ketones (excluding diaryl/α,β-unsaturated/α-hetero) is 1. The molecule has 0 spiro atoms. The van der Waals surface area contributed by atoms with Crippen molar-refractivity contribution >= 4 is 5.78 Å². The molecule has 2 heterocycles. The lowest BCUT2D eigenvalue weighted by atomic mass is 9.94. The number of piperazine rings is 1. The summed E-state index contributed by atoms with van der Waals surface area (Å²) in [4.78, 5) is 16.7. The first kappa shape index (κ1) is 18.5. The van der Waals surface area contributed by atoms with E-state index < -0.39 is 0 Å². The highest BCUT2D eigenvalue weighted by atomic mass is 16.5. The van der Waals surface area contributed by atoms with E-state index in [9.17, 15) is 4.79 Å². The monoisotopic (exact) mass is 345 g/mol. The predicted octanol–water partition coefficient (Wildman–Crippen LogP) is 1.83. The van der Waals surface area contributed by atoms with E-state index >= 15 is 0 Å². The van der Waals surface area contributed by atoms with Gasteiger partial charge in [0.15, 0.2) is 0 Å². The number of benzene rings is 1. The van der Waals surface area contributed by atoms with E-state index in [2.05, 4.69) is 34.1 Å². The number of hydrogen-bond acceptors (Lipinski definition) is 5. The molecule has 5 heteroatoms. The Hall–Kier alpha value is -1.27. The molecule has 2 N–H and O–H groups in total. The highest BCUT2D eigenvalue weighted by molar-refractivity contribution is 5.76. The highest BCUT2D eigenvalue weighted by Gasteiger charge is 2.32. The number of nitrogens with zero attached hydrogens (tertiary/aromatic N) is 2. The van der Waals surface area contributed by atoms with Crippen molar-refractivity contribution in [3.05, 3.63) is 35.9 Å². The quantitative estimate of drug-likeness (QED) is 0.852. The summed E-state index contributed by atoms with van der Waals surface area (Å²) in [6, 6.07) is 11.0. The number of rotatable bonds is 6. The molecule has 1 aromatic rings. The molecule has 0 amide bonds. The second kappa shape index (κ2) is 8.90. The Morgan fingerprint density at radius 2 is 1.80 bits per heavy atom. The maximum Gasteiger partial charge on any atom is 0.131 e. The first-order valence-electron chi connectivity index (χ1n) is 9.51. The lowest BCUT2D eigenvalue weighted by Gasteiger charge is -2.44. The first-order valence-corrected chi connectivity index (χ1v) is 9.51. The van der Waals surface area contributed by atoms with Gasteiger partial charge in [-0.25, -0.2) is 0 Å².